The number of halogens is 1. The van der Waals surface area contributed by atoms with Crippen LogP contribution in [0.2, 0.25) is 5.02 Å². The van der Waals surface area contributed by atoms with Crippen molar-refractivity contribution in [2.45, 2.75) is 6.92 Å². The van der Waals surface area contributed by atoms with Gasteiger partial charge < -0.3 is 19.7 Å². The van der Waals surface area contributed by atoms with Gasteiger partial charge in [0.25, 0.3) is 11.8 Å². The van der Waals surface area contributed by atoms with E-state index in [2.05, 4.69) is 5.32 Å². The second-order valence-corrected chi connectivity index (χ2v) is 6.26. The van der Waals surface area contributed by atoms with Crippen LogP contribution in [0.25, 0.3) is 0 Å². The molecule has 138 valence electrons. The molecule has 0 bridgehead atoms. The molecule has 0 spiro atoms. The lowest BCUT2D eigenvalue weighted by atomic mass is 10.2. The predicted molar refractivity (Wildman–Crippen MR) is 101 cm³/mol. The second kappa shape index (κ2) is 9.10. The molecule has 2 aromatic rings. The third-order valence-electron chi connectivity index (χ3n) is 3.50. The number of hydrogen-bond donors (Lipinski definition) is 1. The zero-order valence-corrected chi connectivity index (χ0v) is 15.7. The molecule has 2 amide bonds. The average molecular weight is 377 g/mol. The standard InChI is InChI=1S/C19H21ClN2O4/c1-13-10-16(8-9-17(13)20)25-11-18(23)21-14-4-6-15(7-5-14)26-12-19(24)22(2)3/h4-10H,11-12H2,1-3H3,(H,21,23). The third kappa shape index (κ3) is 5.97. The first-order valence-electron chi connectivity index (χ1n) is 7.97. The molecule has 0 heterocycles. The van der Waals surface area contributed by atoms with Crippen LogP contribution in [0.3, 0.4) is 0 Å². The quantitative estimate of drug-likeness (QED) is 0.806. The molecule has 0 aliphatic carbocycles. The second-order valence-electron chi connectivity index (χ2n) is 5.85. The number of carbonyl (C=O) groups is 2. The van der Waals surface area contributed by atoms with E-state index in [4.69, 9.17) is 21.1 Å². The molecule has 0 aliphatic heterocycles. The Kier molecular flexibility index (Phi) is 6.86. The highest BCUT2D eigenvalue weighted by Gasteiger charge is 2.07. The van der Waals surface area contributed by atoms with Crippen LogP contribution >= 0.6 is 11.6 Å². The highest BCUT2D eigenvalue weighted by atomic mass is 35.5. The summed E-state index contributed by atoms with van der Waals surface area (Å²) in [6.07, 6.45) is 0. The molecule has 0 unspecified atom stereocenters. The molecule has 26 heavy (non-hydrogen) atoms. The molecule has 0 aromatic heterocycles. The first kappa shape index (κ1) is 19.6. The van der Waals surface area contributed by atoms with Gasteiger partial charge in [0.2, 0.25) is 0 Å². The Labute approximate surface area is 157 Å². The number of nitrogens with one attached hydrogen (secondary N) is 1. The van der Waals surface area contributed by atoms with E-state index in [9.17, 15) is 9.59 Å². The van der Waals surface area contributed by atoms with Gasteiger partial charge >= 0.3 is 0 Å². The SMILES string of the molecule is Cc1cc(OCC(=O)Nc2ccc(OCC(=O)N(C)C)cc2)ccc1Cl. The van der Waals surface area contributed by atoms with E-state index < -0.39 is 0 Å². The molecule has 0 saturated heterocycles. The van der Waals surface area contributed by atoms with Crippen molar-refractivity contribution < 1.29 is 19.1 Å². The van der Waals surface area contributed by atoms with E-state index in [-0.39, 0.29) is 25.0 Å². The zero-order valence-electron chi connectivity index (χ0n) is 14.9. The van der Waals surface area contributed by atoms with Crippen LogP contribution in [0.5, 0.6) is 11.5 Å². The monoisotopic (exact) mass is 376 g/mol. The number of carbonyl (C=O) groups excluding carboxylic acids is 2. The van der Waals surface area contributed by atoms with Gasteiger partial charge in [-0.2, -0.15) is 0 Å². The number of likely N-dealkylation sites (N-methyl/N-ethyl adjacent to an activating group) is 1. The van der Waals surface area contributed by atoms with Gasteiger partial charge in [0, 0.05) is 24.8 Å². The summed E-state index contributed by atoms with van der Waals surface area (Å²) in [7, 11) is 3.33. The summed E-state index contributed by atoms with van der Waals surface area (Å²) >= 11 is 5.95. The Bertz CT molecular complexity index is 776. The molecule has 1 N–H and O–H groups in total. The highest BCUT2D eigenvalue weighted by Crippen LogP contribution is 2.21. The van der Waals surface area contributed by atoms with Gasteiger partial charge in [-0.3, -0.25) is 9.59 Å². The van der Waals surface area contributed by atoms with E-state index in [1.807, 2.05) is 6.92 Å². The molecule has 7 heteroatoms. The lowest BCUT2D eigenvalue weighted by molar-refractivity contribution is -0.130. The maximum Gasteiger partial charge on any atom is 0.262 e. The van der Waals surface area contributed by atoms with E-state index in [1.54, 1.807) is 56.6 Å². The van der Waals surface area contributed by atoms with Crippen LogP contribution in [0.1, 0.15) is 5.56 Å². The van der Waals surface area contributed by atoms with E-state index in [0.29, 0.717) is 22.2 Å². The van der Waals surface area contributed by atoms with Gasteiger partial charge in [0.15, 0.2) is 13.2 Å². The summed E-state index contributed by atoms with van der Waals surface area (Å²) in [6.45, 7) is 1.72. The molecule has 0 radical (unpaired) electrons. The van der Waals surface area contributed by atoms with Crippen molar-refractivity contribution in [3.05, 3.63) is 53.1 Å². The normalized spacial score (nSPS) is 10.2. The molecule has 0 atom stereocenters. The molecule has 2 rings (SSSR count). The number of anilines is 1. The van der Waals surface area contributed by atoms with Crippen LogP contribution in [-0.4, -0.2) is 44.0 Å². The molecule has 0 fully saturated rings. The van der Waals surface area contributed by atoms with Crippen molar-refractivity contribution in [3.8, 4) is 11.5 Å². The molecule has 0 aliphatic rings. The van der Waals surface area contributed by atoms with Gasteiger partial charge in [0.1, 0.15) is 11.5 Å². The van der Waals surface area contributed by atoms with Gasteiger partial charge in [-0.05, 0) is 55.0 Å². The van der Waals surface area contributed by atoms with E-state index >= 15 is 0 Å². The minimum atomic E-state index is -0.283. The number of amides is 2. The van der Waals surface area contributed by atoms with E-state index in [0.717, 1.165) is 5.56 Å². The molecule has 0 saturated carbocycles. The molecular formula is C19H21ClN2O4. The van der Waals surface area contributed by atoms with Crippen LogP contribution in [-0.2, 0) is 9.59 Å². The predicted octanol–water partition coefficient (Wildman–Crippen LogP) is 3.13. The van der Waals surface area contributed by atoms with Crippen molar-refractivity contribution in [1.29, 1.82) is 0 Å². The number of rotatable bonds is 7. The number of hydrogen-bond acceptors (Lipinski definition) is 4. The van der Waals surface area contributed by atoms with Gasteiger partial charge in [-0.1, -0.05) is 11.6 Å². The van der Waals surface area contributed by atoms with Crippen LogP contribution in [0, 0.1) is 6.92 Å². The van der Waals surface area contributed by atoms with Gasteiger partial charge in [-0.15, -0.1) is 0 Å². The zero-order chi connectivity index (χ0) is 19.1. The maximum absolute atomic E-state index is 12.0. The smallest absolute Gasteiger partial charge is 0.262 e. The minimum absolute atomic E-state index is 0.0347. The van der Waals surface area contributed by atoms with Crippen molar-refractivity contribution in [1.82, 2.24) is 4.90 Å². The third-order valence-corrected chi connectivity index (χ3v) is 3.92. The van der Waals surface area contributed by atoms with Crippen LogP contribution < -0.4 is 14.8 Å². The summed E-state index contributed by atoms with van der Waals surface area (Å²) < 4.78 is 10.8. The topological polar surface area (TPSA) is 67.9 Å². The van der Waals surface area contributed by atoms with Crippen molar-refractivity contribution >= 4 is 29.1 Å². The summed E-state index contributed by atoms with van der Waals surface area (Å²) in [5, 5.41) is 3.38. The van der Waals surface area contributed by atoms with Gasteiger partial charge in [-0.25, -0.2) is 0 Å². The highest BCUT2D eigenvalue weighted by molar-refractivity contribution is 6.31. The summed E-state index contributed by atoms with van der Waals surface area (Å²) in [5.41, 5.74) is 1.49. The Hall–Kier alpha value is -2.73. The maximum atomic E-state index is 12.0. The first-order chi connectivity index (χ1) is 12.3. The largest absolute Gasteiger partial charge is 0.484 e. The summed E-state index contributed by atoms with van der Waals surface area (Å²) in [5.74, 6) is 0.716. The fourth-order valence-corrected chi connectivity index (χ4v) is 2.08. The van der Waals surface area contributed by atoms with Gasteiger partial charge in [0.05, 0.1) is 0 Å². The first-order valence-corrected chi connectivity index (χ1v) is 8.35. The Morgan fingerprint density at radius 2 is 1.62 bits per heavy atom. The Balaban J connectivity index is 1.81. The van der Waals surface area contributed by atoms with Crippen LogP contribution in [0.15, 0.2) is 42.5 Å². The Morgan fingerprint density at radius 1 is 1.00 bits per heavy atom. The number of nitrogens with zero attached hydrogens (tertiary/aromatic N) is 1. The number of ether oxygens (including phenoxy) is 2. The fourth-order valence-electron chi connectivity index (χ4n) is 1.96. The Morgan fingerprint density at radius 3 is 2.23 bits per heavy atom. The van der Waals surface area contributed by atoms with E-state index in [1.165, 1.54) is 4.90 Å². The lowest BCUT2D eigenvalue weighted by Crippen LogP contribution is -2.27. The summed E-state index contributed by atoms with van der Waals surface area (Å²) in [4.78, 5) is 24.9. The fraction of sp³-hybridized carbons (Fsp3) is 0.263. The molecule has 6 nitrogen and oxygen atoms in total. The summed E-state index contributed by atoms with van der Waals surface area (Å²) in [6, 6.07) is 12.0. The number of aryl methyl sites for hydroxylation is 1. The molecular weight excluding hydrogens is 356 g/mol. The van der Waals surface area contributed by atoms with Crippen molar-refractivity contribution in [2.75, 3.05) is 32.6 Å². The average Bonchev–Trinajstić information content (AvgIpc) is 2.61. The van der Waals surface area contributed by atoms with Crippen molar-refractivity contribution in [3.63, 3.8) is 0 Å². The number of benzene rings is 2. The minimum Gasteiger partial charge on any atom is -0.484 e. The van der Waals surface area contributed by atoms with Crippen LogP contribution in [0.4, 0.5) is 5.69 Å². The lowest BCUT2D eigenvalue weighted by Gasteiger charge is -2.12. The molecule has 2 aromatic carbocycles. The van der Waals surface area contributed by atoms with Crippen molar-refractivity contribution in [2.24, 2.45) is 0 Å².